The lowest BCUT2D eigenvalue weighted by atomic mass is 9.86. The molecule has 4 nitrogen and oxygen atoms in total. The minimum absolute atomic E-state index is 0.0309. The SMILES string of the molecule is Cc1ccc([C@@H]2CC(=O)Nc3c2cnn3-c2ccccc2)cc1C. The number of fused-ring (bicyclic) bond motifs is 1. The van der Waals surface area contributed by atoms with Crippen molar-refractivity contribution in [2.45, 2.75) is 26.2 Å². The van der Waals surface area contributed by atoms with Crippen molar-refractivity contribution in [1.82, 2.24) is 9.78 Å². The Labute approximate surface area is 141 Å². The summed E-state index contributed by atoms with van der Waals surface area (Å²) >= 11 is 0. The van der Waals surface area contributed by atoms with Gasteiger partial charge in [-0.15, -0.1) is 0 Å². The van der Waals surface area contributed by atoms with Crippen LogP contribution < -0.4 is 5.32 Å². The highest BCUT2D eigenvalue weighted by Crippen LogP contribution is 2.38. The number of para-hydroxylation sites is 1. The summed E-state index contributed by atoms with van der Waals surface area (Å²) in [5.41, 5.74) is 5.69. The van der Waals surface area contributed by atoms with Crippen LogP contribution in [0.5, 0.6) is 0 Å². The number of amides is 1. The van der Waals surface area contributed by atoms with Crippen LogP contribution in [0.25, 0.3) is 5.69 Å². The van der Waals surface area contributed by atoms with Crippen molar-refractivity contribution in [1.29, 1.82) is 0 Å². The molecule has 0 radical (unpaired) electrons. The van der Waals surface area contributed by atoms with Crippen LogP contribution in [0.4, 0.5) is 5.82 Å². The zero-order valence-electron chi connectivity index (χ0n) is 13.8. The fraction of sp³-hybridized carbons (Fsp3) is 0.200. The van der Waals surface area contributed by atoms with E-state index in [0.29, 0.717) is 6.42 Å². The van der Waals surface area contributed by atoms with Crippen LogP contribution in [0.3, 0.4) is 0 Å². The third-order valence-corrected chi connectivity index (χ3v) is 4.75. The van der Waals surface area contributed by atoms with E-state index in [2.05, 4.69) is 42.5 Å². The number of anilines is 1. The van der Waals surface area contributed by atoms with Gasteiger partial charge >= 0.3 is 0 Å². The molecule has 1 aliphatic heterocycles. The van der Waals surface area contributed by atoms with Gasteiger partial charge in [-0.1, -0.05) is 36.4 Å². The second-order valence-corrected chi connectivity index (χ2v) is 6.34. The first kappa shape index (κ1) is 14.7. The molecule has 4 heteroatoms. The Morgan fingerprint density at radius 3 is 2.62 bits per heavy atom. The Bertz CT molecular complexity index is 912. The second kappa shape index (κ2) is 5.64. The minimum Gasteiger partial charge on any atom is -0.310 e. The summed E-state index contributed by atoms with van der Waals surface area (Å²) in [6.07, 6.45) is 2.33. The number of carbonyl (C=O) groups excluding carboxylic acids is 1. The van der Waals surface area contributed by atoms with E-state index in [1.165, 1.54) is 16.7 Å². The Morgan fingerprint density at radius 1 is 1.08 bits per heavy atom. The van der Waals surface area contributed by atoms with Crippen LogP contribution in [-0.2, 0) is 4.79 Å². The van der Waals surface area contributed by atoms with Crippen molar-refractivity contribution in [3.05, 3.63) is 77.0 Å². The maximum atomic E-state index is 12.3. The van der Waals surface area contributed by atoms with Crippen molar-refractivity contribution in [2.24, 2.45) is 0 Å². The molecule has 0 unspecified atom stereocenters. The van der Waals surface area contributed by atoms with Crippen molar-refractivity contribution < 1.29 is 4.79 Å². The smallest absolute Gasteiger partial charge is 0.226 e. The standard InChI is InChI=1S/C20H19N3O/c1-13-8-9-15(10-14(13)2)17-11-19(24)22-20-18(17)12-21-23(20)16-6-4-3-5-7-16/h3-10,12,17H,11H2,1-2H3,(H,22,24)/t17-/m0/s1. The summed E-state index contributed by atoms with van der Waals surface area (Å²) in [5.74, 6) is 0.856. The maximum absolute atomic E-state index is 12.3. The van der Waals surface area contributed by atoms with Gasteiger partial charge in [0.2, 0.25) is 5.91 Å². The van der Waals surface area contributed by atoms with E-state index in [9.17, 15) is 4.79 Å². The Hall–Kier alpha value is -2.88. The number of aromatic nitrogens is 2. The fourth-order valence-corrected chi connectivity index (χ4v) is 3.26. The number of aryl methyl sites for hydroxylation is 2. The average Bonchev–Trinajstić information content (AvgIpc) is 3.01. The molecular weight excluding hydrogens is 298 g/mol. The second-order valence-electron chi connectivity index (χ2n) is 6.34. The number of carbonyl (C=O) groups is 1. The fourth-order valence-electron chi connectivity index (χ4n) is 3.26. The molecular formula is C20H19N3O. The number of nitrogens with one attached hydrogen (secondary N) is 1. The molecule has 24 heavy (non-hydrogen) atoms. The number of benzene rings is 2. The zero-order valence-corrected chi connectivity index (χ0v) is 13.8. The molecule has 1 N–H and O–H groups in total. The van der Waals surface area contributed by atoms with E-state index in [1.807, 2.05) is 36.5 Å². The molecule has 1 atom stereocenters. The maximum Gasteiger partial charge on any atom is 0.226 e. The summed E-state index contributed by atoms with van der Waals surface area (Å²) < 4.78 is 1.81. The van der Waals surface area contributed by atoms with Crippen molar-refractivity contribution >= 4 is 11.7 Å². The highest BCUT2D eigenvalue weighted by Gasteiger charge is 2.30. The molecule has 3 aromatic rings. The van der Waals surface area contributed by atoms with E-state index in [-0.39, 0.29) is 11.8 Å². The molecule has 1 amide bonds. The van der Waals surface area contributed by atoms with E-state index in [4.69, 9.17) is 0 Å². The molecule has 0 spiro atoms. The third-order valence-electron chi connectivity index (χ3n) is 4.75. The highest BCUT2D eigenvalue weighted by molar-refractivity contribution is 5.94. The predicted molar refractivity (Wildman–Crippen MR) is 94.6 cm³/mol. The van der Waals surface area contributed by atoms with Gasteiger partial charge in [0.1, 0.15) is 5.82 Å². The summed E-state index contributed by atoms with van der Waals surface area (Å²) in [7, 11) is 0. The van der Waals surface area contributed by atoms with Gasteiger partial charge in [-0.2, -0.15) is 5.10 Å². The monoisotopic (exact) mass is 317 g/mol. The molecule has 0 aliphatic carbocycles. The topological polar surface area (TPSA) is 46.9 Å². The van der Waals surface area contributed by atoms with E-state index < -0.39 is 0 Å². The van der Waals surface area contributed by atoms with Crippen LogP contribution in [-0.4, -0.2) is 15.7 Å². The minimum atomic E-state index is 0.0309. The Morgan fingerprint density at radius 2 is 1.88 bits per heavy atom. The first-order valence-corrected chi connectivity index (χ1v) is 8.14. The molecule has 0 fully saturated rings. The lowest BCUT2D eigenvalue weighted by Crippen LogP contribution is -2.24. The lowest BCUT2D eigenvalue weighted by molar-refractivity contribution is -0.116. The van der Waals surface area contributed by atoms with Gasteiger partial charge in [-0.25, -0.2) is 4.68 Å². The largest absolute Gasteiger partial charge is 0.310 e. The normalized spacial score (nSPS) is 16.6. The molecule has 0 bridgehead atoms. The third kappa shape index (κ3) is 2.40. The summed E-state index contributed by atoms with van der Waals surface area (Å²) in [6, 6.07) is 16.3. The molecule has 2 heterocycles. The summed E-state index contributed by atoms with van der Waals surface area (Å²) in [6.45, 7) is 4.21. The molecule has 1 aliphatic rings. The predicted octanol–water partition coefficient (Wildman–Crippen LogP) is 3.96. The number of hydrogen-bond donors (Lipinski definition) is 1. The van der Waals surface area contributed by atoms with Gasteiger partial charge in [-0.3, -0.25) is 4.79 Å². The zero-order chi connectivity index (χ0) is 16.7. The van der Waals surface area contributed by atoms with Gasteiger partial charge in [-0.05, 0) is 42.7 Å². The van der Waals surface area contributed by atoms with Crippen molar-refractivity contribution in [3.8, 4) is 5.69 Å². The molecule has 0 saturated carbocycles. The van der Waals surface area contributed by atoms with Crippen molar-refractivity contribution in [2.75, 3.05) is 5.32 Å². The molecule has 0 saturated heterocycles. The van der Waals surface area contributed by atoms with Crippen LogP contribution in [0.15, 0.2) is 54.7 Å². The van der Waals surface area contributed by atoms with E-state index in [0.717, 1.165) is 17.1 Å². The summed E-state index contributed by atoms with van der Waals surface area (Å²) in [5, 5.41) is 7.51. The van der Waals surface area contributed by atoms with Gasteiger partial charge in [0.25, 0.3) is 0 Å². The van der Waals surface area contributed by atoms with Gasteiger partial charge in [0, 0.05) is 17.9 Å². The van der Waals surface area contributed by atoms with Crippen LogP contribution in [0.1, 0.15) is 34.6 Å². The van der Waals surface area contributed by atoms with Crippen molar-refractivity contribution in [3.63, 3.8) is 0 Å². The lowest BCUT2D eigenvalue weighted by Gasteiger charge is -2.24. The quantitative estimate of drug-likeness (QED) is 0.777. The summed E-state index contributed by atoms with van der Waals surface area (Å²) in [4.78, 5) is 12.3. The first-order chi connectivity index (χ1) is 11.6. The highest BCUT2D eigenvalue weighted by atomic mass is 16.1. The molecule has 1 aromatic heterocycles. The van der Waals surface area contributed by atoms with Gasteiger partial charge in [0.15, 0.2) is 0 Å². The van der Waals surface area contributed by atoms with Gasteiger partial charge in [0.05, 0.1) is 11.9 Å². The number of hydrogen-bond acceptors (Lipinski definition) is 2. The Balaban J connectivity index is 1.82. The van der Waals surface area contributed by atoms with E-state index in [1.54, 1.807) is 4.68 Å². The first-order valence-electron chi connectivity index (χ1n) is 8.14. The Kier molecular flexibility index (Phi) is 3.45. The molecule has 4 rings (SSSR count). The van der Waals surface area contributed by atoms with Crippen LogP contribution in [0.2, 0.25) is 0 Å². The number of nitrogens with zero attached hydrogens (tertiary/aromatic N) is 2. The van der Waals surface area contributed by atoms with E-state index >= 15 is 0 Å². The van der Waals surface area contributed by atoms with Crippen LogP contribution >= 0.6 is 0 Å². The van der Waals surface area contributed by atoms with Gasteiger partial charge < -0.3 is 5.32 Å². The molecule has 2 aromatic carbocycles. The average molecular weight is 317 g/mol. The molecule has 120 valence electrons. The number of rotatable bonds is 2. The van der Waals surface area contributed by atoms with Crippen LogP contribution in [0, 0.1) is 13.8 Å².